The molecule has 0 saturated heterocycles. The second-order valence-electron chi connectivity index (χ2n) is 8.30. The standard InChI is InChI=1S/C25H27N5O/c1-17(2)13-24(31)28-20-9-5-8-19(14-20)23-11-12-26-25-22(16-27-30(23)25)18-7-6-10-21(15-18)29(3)4/h5-12,14-17H,13H2,1-4H3,(H,28,31). The molecule has 0 spiro atoms. The zero-order valence-electron chi connectivity index (χ0n) is 18.3. The summed E-state index contributed by atoms with van der Waals surface area (Å²) in [6.07, 6.45) is 4.16. The molecule has 4 rings (SSSR count). The molecule has 2 heterocycles. The predicted octanol–water partition coefficient (Wildman–Crippen LogP) is 5.11. The number of nitrogens with one attached hydrogen (secondary N) is 1. The number of aromatic nitrogens is 3. The largest absolute Gasteiger partial charge is 0.378 e. The van der Waals surface area contributed by atoms with Crippen LogP contribution in [0.5, 0.6) is 0 Å². The molecule has 6 nitrogen and oxygen atoms in total. The second kappa shape index (κ2) is 8.60. The van der Waals surface area contributed by atoms with Crippen molar-refractivity contribution >= 4 is 22.9 Å². The SMILES string of the molecule is CC(C)CC(=O)Nc1cccc(-c2ccnc3c(-c4cccc(N(C)C)c4)cnn23)c1. The van der Waals surface area contributed by atoms with Crippen LogP contribution < -0.4 is 10.2 Å². The summed E-state index contributed by atoms with van der Waals surface area (Å²) in [4.78, 5) is 18.9. The van der Waals surface area contributed by atoms with E-state index in [2.05, 4.69) is 38.5 Å². The average molecular weight is 414 g/mol. The molecule has 2 aromatic heterocycles. The third-order valence-electron chi connectivity index (χ3n) is 5.11. The van der Waals surface area contributed by atoms with Crippen molar-refractivity contribution in [3.05, 3.63) is 67.0 Å². The fourth-order valence-electron chi connectivity index (χ4n) is 3.60. The Hall–Kier alpha value is -3.67. The molecule has 0 saturated carbocycles. The van der Waals surface area contributed by atoms with E-state index in [9.17, 15) is 4.79 Å². The molecule has 31 heavy (non-hydrogen) atoms. The molecule has 0 aliphatic carbocycles. The van der Waals surface area contributed by atoms with Crippen LogP contribution in [0, 0.1) is 5.92 Å². The summed E-state index contributed by atoms with van der Waals surface area (Å²) in [5.41, 5.74) is 6.62. The highest BCUT2D eigenvalue weighted by Gasteiger charge is 2.13. The van der Waals surface area contributed by atoms with Gasteiger partial charge in [-0.3, -0.25) is 4.79 Å². The zero-order valence-corrected chi connectivity index (χ0v) is 18.3. The summed E-state index contributed by atoms with van der Waals surface area (Å²) < 4.78 is 1.85. The first kappa shape index (κ1) is 20.6. The lowest BCUT2D eigenvalue weighted by Crippen LogP contribution is -2.13. The Kier molecular flexibility index (Phi) is 5.71. The van der Waals surface area contributed by atoms with Gasteiger partial charge in [-0.05, 0) is 41.8 Å². The Morgan fingerprint density at radius 3 is 2.61 bits per heavy atom. The first-order chi connectivity index (χ1) is 14.9. The van der Waals surface area contributed by atoms with Crippen LogP contribution >= 0.6 is 0 Å². The van der Waals surface area contributed by atoms with Crippen LogP contribution in [0.15, 0.2) is 67.0 Å². The van der Waals surface area contributed by atoms with E-state index in [1.807, 2.05) is 75.1 Å². The fourth-order valence-corrected chi connectivity index (χ4v) is 3.60. The normalized spacial score (nSPS) is 11.1. The van der Waals surface area contributed by atoms with E-state index in [0.29, 0.717) is 12.3 Å². The number of benzene rings is 2. The van der Waals surface area contributed by atoms with Gasteiger partial charge in [0.05, 0.1) is 11.9 Å². The summed E-state index contributed by atoms with van der Waals surface area (Å²) >= 11 is 0. The van der Waals surface area contributed by atoms with Gasteiger partial charge in [0.1, 0.15) is 0 Å². The smallest absolute Gasteiger partial charge is 0.224 e. The molecule has 158 valence electrons. The number of anilines is 2. The molecule has 0 aliphatic rings. The maximum absolute atomic E-state index is 12.2. The van der Waals surface area contributed by atoms with Crippen molar-refractivity contribution < 1.29 is 4.79 Å². The van der Waals surface area contributed by atoms with Gasteiger partial charge in [0.25, 0.3) is 0 Å². The molecule has 0 fully saturated rings. The van der Waals surface area contributed by atoms with Gasteiger partial charge in [0, 0.05) is 49.2 Å². The van der Waals surface area contributed by atoms with Crippen LogP contribution in [-0.4, -0.2) is 34.6 Å². The Labute approximate surface area is 182 Å². The number of rotatable bonds is 6. The van der Waals surface area contributed by atoms with Crippen LogP contribution in [0.4, 0.5) is 11.4 Å². The number of amides is 1. The topological polar surface area (TPSA) is 62.5 Å². The summed E-state index contributed by atoms with van der Waals surface area (Å²) in [5.74, 6) is 0.339. The third-order valence-corrected chi connectivity index (χ3v) is 5.11. The zero-order chi connectivity index (χ0) is 22.0. The van der Waals surface area contributed by atoms with E-state index in [4.69, 9.17) is 0 Å². The second-order valence-corrected chi connectivity index (χ2v) is 8.30. The van der Waals surface area contributed by atoms with Crippen molar-refractivity contribution in [2.24, 2.45) is 5.92 Å². The van der Waals surface area contributed by atoms with Crippen LogP contribution in [0.3, 0.4) is 0 Å². The monoisotopic (exact) mass is 413 g/mol. The van der Waals surface area contributed by atoms with Crippen LogP contribution in [0.1, 0.15) is 20.3 Å². The first-order valence-electron chi connectivity index (χ1n) is 10.4. The molecule has 0 radical (unpaired) electrons. The van der Waals surface area contributed by atoms with E-state index < -0.39 is 0 Å². The van der Waals surface area contributed by atoms with E-state index in [1.165, 1.54) is 0 Å². The average Bonchev–Trinajstić information content (AvgIpc) is 3.17. The van der Waals surface area contributed by atoms with Gasteiger partial charge < -0.3 is 10.2 Å². The third kappa shape index (κ3) is 4.43. The highest BCUT2D eigenvalue weighted by molar-refractivity contribution is 5.91. The molecule has 0 unspecified atom stereocenters. The lowest BCUT2D eigenvalue weighted by molar-refractivity contribution is -0.116. The minimum atomic E-state index is 0.0224. The van der Waals surface area contributed by atoms with Gasteiger partial charge in [-0.2, -0.15) is 5.10 Å². The van der Waals surface area contributed by atoms with Crippen molar-refractivity contribution in [3.8, 4) is 22.4 Å². The number of carbonyl (C=O) groups is 1. The number of carbonyl (C=O) groups excluding carboxylic acids is 1. The van der Waals surface area contributed by atoms with Crippen molar-refractivity contribution in [1.29, 1.82) is 0 Å². The molecule has 0 bridgehead atoms. The van der Waals surface area contributed by atoms with E-state index in [1.54, 1.807) is 6.20 Å². The van der Waals surface area contributed by atoms with Gasteiger partial charge >= 0.3 is 0 Å². The van der Waals surface area contributed by atoms with Crippen molar-refractivity contribution in [2.45, 2.75) is 20.3 Å². The summed E-state index contributed by atoms with van der Waals surface area (Å²) in [6, 6.07) is 18.1. The molecule has 1 N–H and O–H groups in total. The molecule has 6 heteroatoms. The van der Waals surface area contributed by atoms with Gasteiger partial charge in [-0.15, -0.1) is 0 Å². The quantitative estimate of drug-likeness (QED) is 0.477. The summed E-state index contributed by atoms with van der Waals surface area (Å²) in [6.45, 7) is 4.07. The van der Waals surface area contributed by atoms with E-state index in [0.717, 1.165) is 39.4 Å². The highest BCUT2D eigenvalue weighted by atomic mass is 16.1. The Morgan fingerprint density at radius 1 is 1.06 bits per heavy atom. The Morgan fingerprint density at radius 2 is 1.84 bits per heavy atom. The van der Waals surface area contributed by atoms with Crippen molar-refractivity contribution in [2.75, 3.05) is 24.3 Å². The molecule has 1 amide bonds. The van der Waals surface area contributed by atoms with E-state index in [-0.39, 0.29) is 5.91 Å². The number of hydrogen-bond donors (Lipinski definition) is 1. The van der Waals surface area contributed by atoms with Crippen LogP contribution in [0.25, 0.3) is 28.0 Å². The minimum absolute atomic E-state index is 0.0224. The lowest BCUT2D eigenvalue weighted by Gasteiger charge is -2.13. The fraction of sp³-hybridized carbons (Fsp3) is 0.240. The molecular weight excluding hydrogens is 386 g/mol. The predicted molar refractivity (Wildman–Crippen MR) is 126 cm³/mol. The Bertz CT molecular complexity index is 1230. The van der Waals surface area contributed by atoms with E-state index >= 15 is 0 Å². The maximum atomic E-state index is 12.2. The number of fused-ring (bicyclic) bond motifs is 1. The molecule has 0 aliphatic heterocycles. The number of hydrogen-bond acceptors (Lipinski definition) is 4. The Balaban J connectivity index is 1.71. The van der Waals surface area contributed by atoms with Crippen LogP contribution in [-0.2, 0) is 4.79 Å². The molecular formula is C25H27N5O. The summed E-state index contributed by atoms with van der Waals surface area (Å²) in [5, 5.41) is 7.62. The lowest BCUT2D eigenvalue weighted by atomic mass is 10.1. The van der Waals surface area contributed by atoms with Gasteiger partial charge in [-0.1, -0.05) is 38.1 Å². The molecule has 0 atom stereocenters. The molecule has 2 aromatic carbocycles. The number of nitrogens with zero attached hydrogens (tertiary/aromatic N) is 4. The van der Waals surface area contributed by atoms with Gasteiger partial charge in [0.2, 0.25) is 5.91 Å². The maximum Gasteiger partial charge on any atom is 0.224 e. The van der Waals surface area contributed by atoms with Crippen molar-refractivity contribution in [3.63, 3.8) is 0 Å². The minimum Gasteiger partial charge on any atom is -0.378 e. The summed E-state index contributed by atoms with van der Waals surface area (Å²) in [7, 11) is 4.05. The van der Waals surface area contributed by atoms with Crippen molar-refractivity contribution in [1.82, 2.24) is 14.6 Å². The van der Waals surface area contributed by atoms with Gasteiger partial charge in [0.15, 0.2) is 5.65 Å². The first-order valence-corrected chi connectivity index (χ1v) is 10.4. The van der Waals surface area contributed by atoms with Gasteiger partial charge in [-0.25, -0.2) is 9.50 Å². The highest BCUT2D eigenvalue weighted by Crippen LogP contribution is 2.30. The molecule has 4 aromatic rings. The van der Waals surface area contributed by atoms with Crippen LogP contribution in [0.2, 0.25) is 0 Å².